The summed E-state index contributed by atoms with van der Waals surface area (Å²) in [5.41, 5.74) is 4.75. The second-order valence-corrected chi connectivity index (χ2v) is 7.09. The van der Waals surface area contributed by atoms with Gasteiger partial charge in [-0.15, -0.1) is 0 Å². The van der Waals surface area contributed by atoms with Crippen LogP contribution in [0.4, 0.5) is 0 Å². The molecule has 0 saturated carbocycles. The summed E-state index contributed by atoms with van der Waals surface area (Å²) in [4.78, 5) is 0. The molecule has 0 aliphatic carbocycles. The molecule has 0 fully saturated rings. The van der Waals surface area contributed by atoms with E-state index in [-0.39, 0.29) is 0 Å². The maximum Gasteiger partial charge on any atom is 0.192 e. The molecule has 1 unspecified atom stereocenters. The summed E-state index contributed by atoms with van der Waals surface area (Å²) < 4.78 is 5.80. The standard InChI is InChI=1S/C24H34O2/c1-4-7-10-20-13-15-21(16-14-20)17-18-24(25,26-6-3)23-12-8-11-22(19-23)9-5-2/h8,11-16,19,25H,4-7,9-10,17-18H2,1-3H3. The molecule has 142 valence electrons. The van der Waals surface area contributed by atoms with Gasteiger partial charge in [0.1, 0.15) is 0 Å². The van der Waals surface area contributed by atoms with Gasteiger partial charge in [0.25, 0.3) is 0 Å². The van der Waals surface area contributed by atoms with Gasteiger partial charge in [0, 0.05) is 18.6 Å². The van der Waals surface area contributed by atoms with Gasteiger partial charge in [0.2, 0.25) is 0 Å². The van der Waals surface area contributed by atoms with Gasteiger partial charge in [0.05, 0.1) is 0 Å². The van der Waals surface area contributed by atoms with E-state index in [0.29, 0.717) is 13.0 Å². The Balaban J connectivity index is 2.08. The monoisotopic (exact) mass is 354 g/mol. The van der Waals surface area contributed by atoms with E-state index >= 15 is 0 Å². The Hall–Kier alpha value is -1.64. The molecule has 0 amide bonds. The van der Waals surface area contributed by atoms with Crippen LogP contribution >= 0.6 is 0 Å². The summed E-state index contributed by atoms with van der Waals surface area (Å²) in [6.07, 6.45) is 7.07. The lowest BCUT2D eigenvalue weighted by atomic mass is 9.95. The normalized spacial score (nSPS) is 13.5. The van der Waals surface area contributed by atoms with E-state index in [1.807, 2.05) is 19.1 Å². The Labute approximate surface area is 159 Å². The fraction of sp³-hybridized carbons (Fsp3) is 0.500. The average Bonchev–Trinajstić information content (AvgIpc) is 2.66. The van der Waals surface area contributed by atoms with Crippen molar-refractivity contribution in [1.82, 2.24) is 0 Å². The molecule has 0 bridgehead atoms. The number of hydrogen-bond donors (Lipinski definition) is 1. The van der Waals surface area contributed by atoms with Crippen LogP contribution in [0.15, 0.2) is 48.5 Å². The van der Waals surface area contributed by atoms with Crippen molar-refractivity contribution < 1.29 is 9.84 Å². The van der Waals surface area contributed by atoms with Crippen molar-refractivity contribution in [3.63, 3.8) is 0 Å². The van der Waals surface area contributed by atoms with Crippen LogP contribution in [0.25, 0.3) is 0 Å². The Morgan fingerprint density at radius 3 is 2.12 bits per heavy atom. The van der Waals surface area contributed by atoms with Crippen molar-refractivity contribution in [2.45, 2.75) is 71.5 Å². The Morgan fingerprint density at radius 2 is 1.50 bits per heavy atom. The lowest BCUT2D eigenvalue weighted by molar-refractivity contribution is -0.213. The predicted molar refractivity (Wildman–Crippen MR) is 109 cm³/mol. The third-order valence-electron chi connectivity index (χ3n) is 4.89. The van der Waals surface area contributed by atoms with Crippen molar-refractivity contribution in [3.8, 4) is 0 Å². The molecule has 26 heavy (non-hydrogen) atoms. The van der Waals surface area contributed by atoms with E-state index in [4.69, 9.17) is 4.74 Å². The zero-order valence-corrected chi connectivity index (χ0v) is 16.6. The number of aliphatic hydroxyl groups is 1. The van der Waals surface area contributed by atoms with E-state index in [2.05, 4.69) is 50.2 Å². The second kappa shape index (κ2) is 10.5. The summed E-state index contributed by atoms with van der Waals surface area (Å²) in [6.45, 7) is 6.82. The minimum atomic E-state index is -1.22. The fourth-order valence-electron chi connectivity index (χ4n) is 3.36. The lowest BCUT2D eigenvalue weighted by Crippen LogP contribution is -2.30. The van der Waals surface area contributed by atoms with Gasteiger partial charge in [0.15, 0.2) is 5.79 Å². The first-order chi connectivity index (χ1) is 12.6. The smallest absolute Gasteiger partial charge is 0.192 e. The van der Waals surface area contributed by atoms with Gasteiger partial charge in [-0.2, -0.15) is 0 Å². The van der Waals surface area contributed by atoms with Crippen LogP contribution in [0.5, 0.6) is 0 Å². The van der Waals surface area contributed by atoms with Crippen LogP contribution in [0.3, 0.4) is 0 Å². The van der Waals surface area contributed by atoms with Crippen LogP contribution < -0.4 is 0 Å². The largest absolute Gasteiger partial charge is 0.362 e. The number of rotatable bonds is 11. The highest BCUT2D eigenvalue weighted by Crippen LogP contribution is 2.29. The molecule has 0 aromatic heterocycles. The highest BCUT2D eigenvalue weighted by Gasteiger charge is 2.29. The van der Waals surface area contributed by atoms with Gasteiger partial charge in [-0.05, 0) is 49.3 Å². The van der Waals surface area contributed by atoms with Crippen molar-refractivity contribution in [2.24, 2.45) is 0 Å². The number of benzene rings is 2. The summed E-state index contributed by atoms with van der Waals surface area (Å²) >= 11 is 0. The number of ether oxygens (including phenoxy) is 1. The first-order valence-electron chi connectivity index (χ1n) is 10.1. The topological polar surface area (TPSA) is 29.5 Å². The fourth-order valence-corrected chi connectivity index (χ4v) is 3.36. The van der Waals surface area contributed by atoms with Crippen LogP contribution in [0.1, 0.15) is 68.7 Å². The summed E-state index contributed by atoms with van der Waals surface area (Å²) in [6, 6.07) is 17.0. The molecule has 1 N–H and O–H groups in total. The van der Waals surface area contributed by atoms with E-state index in [0.717, 1.165) is 31.2 Å². The van der Waals surface area contributed by atoms with E-state index in [1.54, 1.807) is 0 Å². The molecular weight excluding hydrogens is 320 g/mol. The average molecular weight is 355 g/mol. The maximum absolute atomic E-state index is 11.2. The van der Waals surface area contributed by atoms with Crippen molar-refractivity contribution in [1.29, 1.82) is 0 Å². The maximum atomic E-state index is 11.2. The summed E-state index contributed by atoms with van der Waals surface area (Å²) in [5.74, 6) is -1.22. The number of unbranched alkanes of at least 4 members (excludes halogenated alkanes) is 1. The quantitative estimate of drug-likeness (QED) is 0.517. The van der Waals surface area contributed by atoms with Crippen LogP contribution in [-0.2, 0) is 29.8 Å². The highest BCUT2D eigenvalue weighted by atomic mass is 16.6. The second-order valence-electron chi connectivity index (χ2n) is 7.09. The van der Waals surface area contributed by atoms with E-state index < -0.39 is 5.79 Å². The minimum absolute atomic E-state index is 0.491. The molecule has 0 spiro atoms. The van der Waals surface area contributed by atoms with Gasteiger partial charge < -0.3 is 9.84 Å². The van der Waals surface area contributed by atoms with Gasteiger partial charge in [-0.25, -0.2) is 0 Å². The molecular formula is C24H34O2. The predicted octanol–water partition coefficient (Wildman–Crippen LogP) is 5.80. The van der Waals surface area contributed by atoms with Crippen LogP contribution in [0.2, 0.25) is 0 Å². The lowest BCUT2D eigenvalue weighted by Gasteiger charge is -2.29. The molecule has 0 saturated heterocycles. The SMILES string of the molecule is CCCCc1ccc(CCC(O)(OCC)c2cccc(CCC)c2)cc1. The van der Waals surface area contributed by atoms with E-state index in [9.17, 15) is 5.11 Å². The molecule has 0 radical (unpaired) electrons. The van der Waals surface area contributed by atoms with Crippen molar-refractivity contribution >= 4 is 0 Å². The Kier molecular flexibility index (Phi) is 8.34. The third-order valence-corrected chi connectivity index (χ3v) is 4.89. The number of hydrogen-bond acceptors (Lipinski definition) is 2. The van der Waals surface area contributed by atoms with Crippen LogP contribution in [0, 0.1) is 0 Å². The summed E-state index contributed by atoms with van der Waals surface area (Å²) in [5, 5.41) is 11.2. The Morgan fingerprint density at radius 1 is 0.808 bits per heavy atom. The first-order valence-corrected chi connectivity index (χ1v) is 10.1. The van der Waals surface area contributed by atoms with Gasteiger partial charge >= 0.3 is 0 Å². The molecule has 0 heterocycles. The van der Waals surface area contributed by atoms with Gasteiger partial charge in [-0.1, -0.05) is 75.2 Å². The van der Waals surface area contributed by atoms with Crippen molar-refractivity contribution in [2.75, 3.05) is 6.61 Å². The highest BCUT2D eigenvalue weighted by molar-refractivity contribution is 5.28. The molecule has 0 aliphatic rings. The van der Waals surface area contributed by atoms with Crippen LogP contribution in [-0.4, -0.2) is 11.7 Å². The minimum Gasteiger partial charge on any atom is -0.362 e. The molecule has 2 heteroatoms. The van der Waals surface area contributed by atoms with Crippen molar-refractivity contribution in [3.05, 3.63) is 70.8 Å². The Bertz CT molecular complexity index is 648. The molecule has 2 rings (SSSR count). The summed E-state index contributed by atoms with van der Waals surface area (Å²) in [7, 11) is 0. The molecule has 1 atom stereocenters. The first kappa shape index (κ1) is 20.7. The zero-order chi connectivity index (χ0) is 18.8. The number of aryl methyl sites for hydroxylation is 3. The third kappa shape index (κ3) is 5.96. The molecule has 2 aromatic rings. The van der Waals surface area contributed by atoms with Gasteiger partial charge in [-0.3, -0.25) is 0 Å². The molecule has 2 nitrogen and oxygen atoms in total. The molecule has 0 aliphatic heterocycles. The zero-order valence-electron chi connectivity index (χ0n) is 16.6. The molecule has 2 aromatic carbocycles. The van der Waals surface area contributed by atoms with E-state index in [1.165, 1.54) is 29.5 Å².